The van der Waals surface area contributed by atoms with Crippen LogP contribution in [0.2, 0.25) is 0 Å². The van der Waals surface area contributed by atoms with Crippen LogP contribution in [0.15, 0.2) is 223 Å². The number of hydrogen-bond donors (Lipinski definition) is 0. The maximum Gasteiger partial charge on any atom is 0.164 e. The van der Waals surface area contributed by atoms with Gasteiger partial charge in [0, 0.05) is 84.3 Å². The van der Waals surface area contributed by atoms with Crippen molar-refractivity contribution < 1.29 is 4.42 Å². The van der Waals surface area contributed by atoms with Crippen LogP contribution < -0.4 is 0 Å². The van der Waals surface area contributed by atoms with E-state index in [1.807, 2.05) is 53.0 Å². The fourth-order valence-corrected chi connectivity index (χ4v) is 13.0. The minimum absolute atomic E-state index is 0.581. The lowest BCUT2D eigenvalue weighted by Crippen LogP contribution is -2.00. The summed E-state index contributed by atoms with van der Waals surface area (Å²) >= 11 is 3.70. The first-order chi connectivity index (χ1) is 34.7. The van der Waals surface area contributed by atoms with E-state index in [0.29, 0.717) is 17.5 Å². The van der Waals surface area contributed by atoms with Crippen LogP contribution in [-0.2, 0) is 0 Å². The summed E-state index contributed by atoms with van der Waals surface area (Å²) in [5.74, 6) is 1.79. The fraction of sp³-hybridized carbons (Fsp3) is 0. The minimum Gasteiger partial charge on any atom is -0.456 e. The first-order valence-electron chi connectivity index (χ1n) is 23.4. The second-order valence-electron chi connectivity index (χ2n) is 17.9. The zero-order chi connectivity index (χ0) is 45.9. The van der Waals surface area contributed by atoms with E-state index in [0.717, 1.165) is 66.3 Å². The van der Waals surface area contributed by atoms with Crippen LogP contribution in [0, 0.1) is 0 Å². The summed E-state index contributed by atoms with van der Waals surface area (Å²) < 4.78 is 14.2. The zero-order valence-electron chi connectivity index (χ0n) is 37.3. The Balaban J connectivity index is 0.945. The molecule has 0 bridgehead atoms. The molecule has 0 atom stereocenters. The average molecular weight is 929 g/mol. The van der Waals surface area contributed by atoms with E-state index in [1.165, 1.54) is 62.4 Å². The van der Waals surface area contributed by atoms with Crippen molar-refractivity contribution in [3.8, 4) is 62.1 Å². The van der Waals surface area contributed by atoms with Crippen molar-refractivity contribution in [2.45, 2.75) is 0 Å². The summed E-state index contributed by atoms with van der Waals surface area (Å²) in [6.45, 7) is 0. The van der Waals surface area contributed by atoms with Crippen LogP contribution >= 0.6 is 22.7 Å². The van der Waals surface area contributed by atoms with Crippen LogP contribution in [-0.4, -0.2) is 19.5 Å². The standard InChI is InChI=1S/C63H36N4OS2/c1-3-14-37(15-4-1)61-64-62(40-27-31-51-48(35-40)43-18-7-10-22-50(43)67(51)41-16-5-2-6-17-41)66-63(65-61)47-21-13-23-53-59(47)49-34-39(28-32-52(49)68-53)58-42(30-33-56-60(58)46-20-9-12-25-55(46)69-56)38-26-29-45-44-19-8-11-24-54(44)70-57(45)36-38/h1-36H. The average Bonchev–Trinajstić information content (AvgIpc) is 4.19. The number of nitrogens with zero attached hydrogens (tertiary/aromatic N) is 4. The topological polar surface area (TPSA) is 56.7 Å². The van der Waals surface area contributed by atoms with Crippen molar-refractivity contribution in [2.75, 3.05) is 0 Å². The first kappa shape index (κ1) is 39.3. The molecule has 0 saturated carbocycles. The van der Waals surface area contributed by atoms with Crippen LogP contribution in [0.3, 0.4) is 0 Å². The molecular formula is C63H36N4OS2. The Bertz CT molecular complexity index is 4600. The maximum atomic E-state index is 6.73. The molecule has 0 N–H and O–H groups in total. The molecule has 70 heavy (non-hydrogen) atoms. The number of thiophene rings is 2. The molecule has 5 aromatic heterocycles. The smallest absolute Gasteiger partial charge is 0.164 e. The second-order valence-corrected chi connectivity index (χ2v) is 20.0. The van der Waals surface area contributed by atoms with E-state index >= 15 is 0 Å². The molecule has 10 aromatic carbocycles. The van der Waals surface area contributed by atoms with Crippen LogP contribution in [0.25, 0.3) is 146 Å². The normalized spacial score (nSPS) is 12.0. The van der Waals surface area contributed by atoms with Gasteiger partial charge in [0.25, 0.3) is 0 Å². The number of rotatable bonds is 6. The molecule has 7 heteroatoms. The third kappa shape index (κ3) is 6.05. The van der Waals surface area contributed by atoms with Crippen LogP contribution in [0.4, 0.5) is 0 Å². The Morgan fingerprint density at radius 1 is 0.329 bits per heavy atom. The molecular weight excluding hydrogens is 893 g/mol. The molecule has 0 unspecified atom stereocenters. The van der Waals surface area contributed by atoms with Crippen molar-refractivity contribution in [2.24, 2.45) is 0 Å². The molecule has 326 valence electrons. The van der Waals surface area contributed by atoms with E-state index in [4.69, 9.17) is 19.4 Å². The van der Waals surface area contributed by atoms with Crippen LogP contribution in [0.1, 0.15) is 0 Å². The predicted molar refractivity (Wildman–Crippen MR) is 294 cm³/mol. The summed E-state index contributed by atoms with van der Waals surface area (Å²) in [5, 5.41) is 9.38. The van der Waals surface area contributed by atoms with Gasteiger partial charge in [0.15, 0.2) is 17.5 Å². The second kappa shape index (κ2) is 15.4. The lowest BCUT2D eigenvalue weighted by Gasteiger charge is -2.14. The van der Waals surface area contributed by atoms with Crippen molar-refractivity contribution >= 4 is 107 Å². The SMILES string of the molecule is c1ccc(-c2nc(-c3ccc4c(c3)c3ccccc3n4-c3ccccc3)nc(-c3cccc4oc5ccc(-c6c(-c7ccc8c(c7)sc7ccccc78)ccc7sc8ccccc8c67)cc5c34)n2)cc1. The van der Waals surface area contributed by atoms with Gasteiger partial charge in [-0.1, -0.05) is 140 Å². The van der Waals surface area contributed by atoms with E-state index in [2.05, 4.69) is 193 Å². The number of benzene rings is 10. The Labute approximate surface area is 408 Å². The van der Waals surface area contributed by atoms with Gasteiger partial charge in [-0.05, 0) is 101 Å². The number of fused-ring (bicyclic) bond motifs is 12. The molecule has 15 rings (SSSR count). The van der Waals surface area contributed by atoms with Gasteiger partial charge < -0.3 is 8.98 Å². The molecule has 0 fully saturated rings. The Kier molecular flexibility index (Phi) is 8.63. The fourth-order valence-electron chi connectivity index (χ4n) is 10.7. The Morgan fingerprint density at radius 2 is 0.971 bits per heavy atom. The van der Waals surface area contributed by atoms with Crippen molar-refractivity contribution in [1.29, 1.82) is 0 Å². The third-order valence-electron chi connectivity index (χ3n) is 13.9. The Morgan fingerprint density at radius 3 is 1.83 bits per heavy atom. The molecule has 5 heterocycles. The quantitative estimate of drug-likeness (QED) is 0.167. The zero-order valence-corrected chi connectivity index (χ0v) is 38.9. The van der Waals surface area contributed by atoms with Crippen molar-refractivity contribution in [3.63, 3.8) is 0 Å². The molecule has 0 amide bonds. The van der Waals surface area contributed by atoms with Gasteiger partial charge in [0.2, 0.25) is 0 Å². The molecule has 0 aliphatic rings. The van der Waals surface area contributed by atoms with Crippen molar-refractivity contribution in [1.82, 2.24) is 19.5 Å². The molecule has 0 spiro atoms. The van der Waals surface area contributed by atoms with E-state index in [9.17, 15) is 0 Å². The summed E-state index contributed by atoms with van der Waals surface area (Å²) in [6, 6.07) is 77.9. The molecule has 5 nitrogen and oxygen atoms in total. The Hall–Kier alpha value is -8.75. The van der Waals surface area contributed by atoms with Gasteiger partial charge >= 0.3 is 0 Å². The van der Waals surface area contributed by atoms with E-state index in [-0.39, 0.29) is 0 Å². The monoisotopic (exact) mass is 928 g/mol. The minimum atomic E-state index is 0.581. The molecule has 0 aliphatic carbocycles. The lowest BCUT2D eigenvalue weighted by atomic mass is 9.89. The molecule has 0 radical (unpaired) electrons. The van der Waals surface area contributed by atoms with Crippen LogP contribution in [0.5, 0.6) is 0 Å². The number of aromatic nitrogens is 4. The van der Waals surface area contributed by atoms with Gasteiger partial charge in [0.05, 0.1) is 11.0 Å². The van der Waals surface area contributed by atoms with Gasteiger partial charge in [-0.15, -0.1) is 22.7 Å². The van der Waals surface area contributed by atoms with E-state index in [1.54, 1.807) is 0 Å². The third-order valence-corrected chi connectivity index (χ3v) is 16.1. The summed E-state index contributed by atoms with van der Waals surface area (Å²) in [4.78, 5) is 15.8. The summed E-state index contributed by atoms with van der Waals surface area (Å²) in [7, 11) is 0. The van der Waals surface area contributed by atoms with Gasteiger partial charge in [0.1, 0.15) is 11.2 Å². The first-order valence-corrected chi connectivity index (χ1v) is 25.0. The van der Waals surface area contributed by atoms with Gasteiger partial charge in [-0.25, -0.2) is 15.0 Å². The maximum absolute atomic E-state index is 6.73. The predicted octanol–water partition coefficient (Wildman–Crippen LogP) is 17.9. The van der Waals surface area contributed by atoms with E-state index < -0.39 is 0 Å². The van der Waals surface area contributed by atoms with Gasteiger partial charge in [-0.2, -0.15) is 0 Å². The highest BCUT2D eigenvalue weighted by Crippen LogP contribution is 2.48. The molecule has 15 aromatic rings. The number of para-hydroxylation sites is 2. The largest absolute Gasteiger partial charge is 0.456 e. The van der Waals surface area contributed by atoms with Crippen molar-refractivity contribution in [3.05, 3.63) is 218 Å². The summed E-state index contributed by atoms with van der Waals surface area (Å²) in [5.41, 5.74) is 12.4. The lowest BCUT2D eigenvalue weighted by molar-refractivity contribution is 0.669. The highest BCUT2D eigenvalue weighted by Gasteiger charge is 2.22. The summed E-state index contributed by atoms with van der Waals surface area (Å²) in [6.07, 6.45) is 0. The molecule has 0 aliphatic heterocycles. The highest BCUT2D eigenvalue weighted by atomic mass is 32.1. The molecule has 0 saturated heterocycles. The van der Waals surface area contributed by atoms with Gasteiger partial charge in [-0.3, -0.25) is 0 Å². The number of hydrogen-bond acceptors (Lipinski definition) is 6. The highest BCUT2D eigenvalue weighted by molar-refractivity contribution is 7.26. The number of furan rings is 1.